The summed E-state index contributed by atoms with van der Waals surface area (Å²) >= 11 is 0. The van der Waals surface area contributed by atoms with Gasteiger partial charge < -0.3 is 14.5 Å². The Hall–Kier alpha value is -4.38. The van der Waals surface area contributed by atoms with Gasteiger partial charge >= 0.3 is 0 Å². The van der Waals surface area contributed by atoms with E-state index in [-0.39, 0.29) is 5.91 Å². The molecule has 1 N–H and O–H groups in total. The van der Waals surface area contributed by atoms with Crippen molar-refractivity contribution >= 4 is 39.0 Å². The molecule has 0 aliphatic heterocycles. The topological polar surface area (TPSA) is 64.4 Å². The highest BCUT2D eigenvalue weighted by Crippen LogP contribution is 2.40. The van der Waals surface area contributed by atoms with E-state index >= 15 is 0 Å². The number of aromatic nitrogens is 1. The normalized spacial score (nSPS) is 11.7. The fourth-order valence-corrected chi connectivity index (χ4v) is 4.52. The first kappa shape index (κ1) is 22.4. The summed E-state index contributed by atoms with van der Waals surface area (Å²) in [6.45, 7) is 5.84. The number of hydrogen-bond donors (Lipinski definition) is 1. The van der Waals surface area contributed by atoms with Crippen LogP contribution in [0.2, 0.25) is 0 Å². The molecule has 5 rings (SSSR count). The van der Waals surface area contributed by atoms with Gasteiger partial charge in [-0.05, 0) is 62.2 Å². The van der Waals surface area contributed by atoms with Crippen LogP contribution in [0.15, 0.2) is 83.5 Å². The van der Waals surface area contributed by atoms with Crippen LogP contribution in [0, 0.1) is 13.8 Å². The summed E-state index contributed by atoms with van der Waals surface area (Å²) in [6.07, 6.45) is 3.38. The molecule has 2 aromatic heterocycles. The molecule has 2 heterocycles. The molecule has 5 aromatic rings. The number of fused-ring (bicyclic) bond motifs is 2. The van der Waals surface area contributed by atoms with Crippen molar-refractivity contribution in [3.63, 3.8) is 0 Å². The van der Waals surface area contributed by atoms with Gasteiger partial charge in [0.1, 0.15) is 11.3 Å². The Bertz CT molecular complexity index is 1600. The van der Waals surface area contributed by atoms with Crippen molar-refractivity contribution in [3.8, 4) is 16.9 Å². The molecule has 0 atom stereocenters. The number of ether oxygens (including phenoxy) is 1. The number of nitrogens with zero attached hydrogens (tertiary/aromatic N) is 1. The molecule has 0 saturated heterocycles. The summed E-state index contributed by atoms with van der Waals surface area (Å²) in [7, 11) is 1.64. The second kappa shape index (κ2) is 9.11. The average Bonchev–Trinajstić information content (AvgIpc) is 3.29. The first-order chi connectivity index (χ1) is 17.0. The monoisotopic (exact) mass is 462 g/mol. The van der Waals surface area contributed by atoms with Gasteiger partial charge in [-0.2, -0.15) is 0 Å². The Morgan fingerprint density at radius 2 is 1.80 bits per heavy atom. The number of aryl methyl sites for hydroxylation is 2. The van der Waals surface area contributed by atoms with Crippen LogP contribution < -0.4 is 10.1 Å². The van der Waals surface area contributed by atoms with E-state index in [1.165, 1.54) is 0 Å². The largest absolute Gasteiger partial charge is 0.496 e. The molecule has 5 heteroatoms. The zero-order chi connectivity index (χ0) is 24.5. The summed E-state index contributed by atoms with van der Waals surface area (Å²) in [5.74, 6) is 0.476. The predicted molar refractivity (Wildman–Crippen MR) is 142 cm³/mol. The molecule has 0 unspecified atom stereocenters. The fourth-order valence-electron chi connectivity index (χ4n) is 4.52. The number of pyridine rings is 1. The number of amides is 1. The minimum atomic E-state index is -0.217. The number of carbonyl (C=O) groups is 1. The van der Waals surface area contributed by atoms with Gasteiger partial charge in [0.05, 0.1) is 24.6 Å². The van der Waals surface area contributed by atoms with Gasteiger partial charge in [0.25, 0.3) is 0 Å². The predicted octanol–water partition coefficient (Wildman–Crippen LogP) is 7.32. The molecule has 0 aliphatic rings. The molecule has 5 nitrogen and oxygen atoms in total. The zero-order valence-corrected chi connectivity index (χ0v) is 20.2. The number of nitrogens with one attached hydrogen (secondary N) is 1. The summed E-state index contributed by atoms with van der Waals surface area (Å²) in [6, 6.07) is 21.8. The Morgan fingerprint density at radius 3 is 2.57 bits per heavy atom. The molecular weight excluding hydrogens is 436 g/mol. The summed E-state index contributed by atoms with van der Waals surface area (Å²) in [4.78, 5) is 17.6. The van der Waals surface area contributed by atoms with Crippen molar-refractivity contribution < 1.29 is 13.9 Å². The quantitative estimate of drug-likeness (QED) is 0.278. The lowest BCUT2D eigenvalue weighted by molar-refractivity contribution is -0.111. The number of carbonyl (C=O) groups excluding carboxylic acids is 1. The third-order valence-corrected chi connectivity index (χ3v) is 6.23. The lowest BCUT2D eigenvalue weighted by Gasteiger charge is -2.13. The maximum absolute atomic E-state index is 13.0. The van der Waals surface area contributed by atoms with Crippen molar-refractivity contribution in [1.82, 2.24) is 4.98 Å². The number of hydrogen-bond acceptors (Lipinski definition) is 4. The number of benzene rings is 3. The first-order valence-electron chi connectivity index (χ1n) is 11.5. The van der Waals surface area contributed by atoms with E-state index < -0.39 is 0 Å². The van der Waals surface area contributed by atoms with Gasteiger partial charge in [0, 0.05) is 39.2 Å². The fraction of sp³-hybridized carbons (Fsp3) is 0.133. The van der Waals surface area contributed by atoms with E-state index in [0.29, 0.717) is 5.75 Å². The first-order valence-corrected chi connectivity index (χ1v) is 11.5. The van der Waals surface area contributed by atoms with Crippen LogP contribution in [0.1, 0.15) is 23.7 Å². The summed E-state index contributed by atoms with van der Waals surface area (Å²) in [5.41, 5.74) is 7.89. The molecule has 0 spiro atoms. The summed E-state index contributed by atoms with van der Waals surface area (Å²) in [5, 5.41) is 4.89. The molecule has 1 amide bonds. The average molecular weight is 463 g/mol. The zero-order valence-electron chi connectivity index (χ0n) is 20.2. The van der Waals surface area contributed by atoms with Crippen LogP contribution in [0.25, 0.3) is 38.6 Å². The maximum atomic E-state index is 13.0. The van der Waals surface area contributed by atoms with Crippen LogP contribution in [0.5, 0.6) is 5.75 Å². The molecule has 3 aromatic carbocycles. The van der Waals surface area contributed by atoms with Gasteiger partial charge in [-0.1, -0.05) is 36.4 Å². The van der Waals surface area contributed by atoms with E-state index in [0.717, 1.165) is 61.1 Å². The van der Waals surface area contributed by atoms with E-state index in [1.54, 1.807) is 19.4 Å². The van der Waals surface area contributed by atoms with Crippen molar-refractivity contribution in [2.45, 2.75) is 20.8 Å². The van der Waals surface area contributed by atoms with Crippen molar-refractivity contribution in [3.05, 3.63) is 95.9 Å². The van der Waals surface area contributed by atoms with Gasteiger partial charge in [-0.25, -0.2) is 0 Å². The van der Waals surface area contributed by atoms with Crippen LogP contribution >= 0.6 is 0 Å². The lowest BCUT2D eigenvalue weighted by Crippen LogP contribution is -2.09. The molecule has 174 valence electrons. The highest BCUT2D eigenvalue weighted by Gasteiger charge is 2.19. The Morgan fingerprint density at radius 1 is 1.00 bits per heavy atom. The minimum absolute atomic E-state index is 0.217. The molecular formula is C30H26N2O3. The van der Waals surface area contributed by atoms with E-state index in [2.05, 4.69) is 22.4 Å². The van der Waals surface area contributed by atoms with E-state index in [9.17, 15) is 4.79 Å². The van der Waals surface area contributed by atoms with Crippen LogP contribution in [0.4, 0.5) is 5.69 Å². The summed E-state index contributed by atoms with van der Waals surface area (Å²) < 4.78 is 11.7. The van der Waals surface area contributed by atoms with Crippen LogP contribution in [0.3, 0.4) is 0 Å². The number of allylic oxidation sites excluding steroid dienone is 1. The van der Waals surface area contributed by atoms with Crippen molar-refractivity contribution in [2.24, 2.45) is 0 Å². The standard InChI is InChI=1S/C30H26N2O3/c1-18(15-28(33)32-27-12-8-11-26-22(27)14-13-19(2)31-26)23-16-24-25(21-9-6-5-7-10-21)17-35-30(24)20(3)29(23)34-4/h5-17H,1-4H3,(H,32,33)/b18-15+. The third kappa shape index (κ3) is 4.17. The van der Waals surface area contributed by atoms with Crippen molar-refractivity contribution in [2.75, 3.05) is 12.4 Å². The Kier molecular flexibility index (Phi) is 5.83. The molecule has 0 saturated carbocycles. The maximum Gasteiger partial charge on any atom is 0.248 e. The van der Waals surface area contributed by atoms with E-state index in [1.807, 2.05) is 75.4 Å². The number of anilines is 1. The molecule has 0 fully saturated rings. The number of rotatable bonds is 5. The van der Waals surface area contributed by atoms with Crippen LogP contribution in [-0.2, 0) is 4.79 Å². The highest BCUT2D eigenvalue weighted by atomic mass is 16.5. The Labute approximate surface area is 204 Å². The van der Waals surface area contributed by atoms with Gasteiger partial charge in [0.15, 0.2) is 0 Å². The second-order valence-corrected chi connectivity index (χ2v) is 8.62. The smallest absolute Gasteiger partial charge is 0.248 e. The SMILES string of the molecule is COc1c(/C(C)=C/C(=O)Nc2cccc3nc(C)ccc23)cc2c(-c3ccccc3)coc2c1C. The molecule has 0 bridgehead atoms. The second-order valence-electron chi connectivity index (χ2n) is 8.62. The minimum Gasteiger partial charge on any atom is -0.496 e. The lowest BCUT2D eigenvalue weighted by atomic mass is 9.96. The Balaban J connectivity index is 1.54. The molecule has 0 aliphatic carbocycles. The van der Waals surface area contributed by atoms with Crippen molar-refractivity contribution in [1.29, 1.82) is 0 Å². The van der Waals surface area contributed by atoms with Gasteiger partial charge in [-0.15, -0.1) is 0 Å². The van der Waals surface area contributed by atoms with Gasteiger partial charge in [0.2, 0.25) is 5.91 Å². The van der Waals surface area contributed by atoms with Gasteiger partial charge in [-0.3, -0.25) is 9.78 Å². The highest BCUT2D eigenvalue weighted by molar-refractivity contribution is 6.09. The number of furan rings is 1. The number of methoxy groups -OCH3 is 1. The molecule has 0 radical (unpaired) electrons. The van der Waals surface area contributed by atoms with E-state index in [4.69, 9.17) is 9.15 Å². The van der Waals surface area contributed by atoms with Crippen LogP contribution in [-0.4, -0.2) is 18.0 Å². The molecule has 35 heavy (non-hydrogen) atoms. The third-order valence-electron chi connectivity index (χ3n) is 6.23.